The number of hydrogen-bond acceptors (Lipinski definition) is 2. The monoisotopic (exact) mass is 204 g/mol. The Morgan fingerprint density at radius 1 is 0.800 bits per heavy atom. The number of benzene rings is 1. The molecule has 0 unspecified atom stereocenters. The van der Waals surface area contributed by atoms with Gasteiger partial charge in [0.1, 0.15) is 0 Å². The number of para-hydroxylation sites is 2. The fourth-order valence-corrected chi connectivity index (χ4v) is 2.23. The van der Waals surface area contributed by atoms with E-state index in [4.69, 9.17) is 0 Å². The molecule has 0 amide bonds. The number of nitrogens with zero attached hydrogens (tertiary/aromatic N) is 2. The lowest BCUT2D eigenvalue weighted by Crippen LogP contribution is -2.22. The highest BCUT2D eigenvalue weighted by atomic mass is 15.2. The first kappa shape index (κ1) is 10.3. The van der Waals surface area contributed by atoms with Gasteiger partial charge in [-0.2, -0.15) is 0 Å². The van der Waals surface area contributed by atoms with E-state index < -0.39 is 0 Å². The van der Waals surface area contributed by atoms with Crippen molar-refractivity contribution in [1.29, 1.82) is 0 Å². The van der Waals surface area contributed by atoms with E-state index in [1.165, 1.54) is 43.7 Å². The average Bonchev–Trinajstić information content (AvgIpc) is 2.33. The van der Waals surface area contributed by atoms with E-state index in [0.29, 0.717) is 0 Å². The average molecular weight is 204 g/mol. The van der Waals surface area contributed by atoms with Gasteiger partial charge in [0, 0.05) is 27.2 Å². The van der Waals surface area contributed by atoms with Gasteiger partial charge in [-0.1, -0.05) is 12.1 Å². The molecule has 0 fully saturated rings. The van der Waals surface area contributed by atoms with Crippen LogP contribution in [0.1, 0.15) is 19.3 Å². The molecule has 0 radical (unpaired) electrons. The molecule has 1 aromatic rings. The van der Waals surface area contributed by atoms with Crippen molar-refractivity contribution in [2.24, 2.45) is 0 Å². The van der Waals surface area contributed by atoms with Gasteiger partial charge in [-0.25, -0.2) is 0 Å². The summed E-state index contributed by atoms with van der Waals surface area (Å²) in [5.41, 5.74) is 2.73. The van der Waals surface area contributed by atoms with Crippen molar-refractivity contribution in [3.8, 4) is 0 Å². The van der Waals surface area contributed by atoms with Gasteiger partial charge in [0.15, 0.2) is 0 Å². The molecule has 82 valence electrons. The fraction of sp³-hybridized carbons (Fsp3) is 0.538. The lowest BCUT2D eigenvalue weighted by atomic mass is 10.2. The molecular formula is C13H20N2. The number of anilines is 2. The van der Waals surface area contributed by atoms with Crippen LogP contribution in [0.15, 0.2) is 24.3 Å². The van der Waals surface area contributed by atoms with E-state index >= 15 is 0 Å². The van der Waals surface area contributed by atoms with Crippen LogP contribution in [0.4, 0.5) is 11.4 Å². The minimum atomic E-state index is 1.17. The molecule has 0 bridgehead atoms. The Labute approximate surface area is 92.5 Å². The molecule has 0 spiro atoms. The van der Waals surface area contributed by atoms with Crippen molar-refractivity contribution in [1.82, 2.24) is 0 Å². The second-order valence-corrected chi connectivity index (χ2v) is 4.39. The van der Waals surface area contributed by atoms with Crippen LogP contribution in [0.25, 0.3) is 0 Å². The summed E-state index contributed by atoms with van der Waals surface area (Å²) in [6.45, 7) is 2.34. The zero-order valence-electron chi connectivity index (χ0n) is 9.74. The summed E-state index contributed by atoms with van der Waals surface area (Å²) in [5.74, 6) is 0. The van der Waals surface area contributed by atoms with E-state index in [1.807, 2.05) is 0 Å². The molecule has 0 saturated carbocycles. The maximum Gasteiger partial charge on any atom is 0.0601 e. The number of hydrogen-bond donors (Lipinski definition) is 0. The lowest BCUT2D eigenvalue weighted by molar-refractivity contribution is 0.677. The Bertz CT molecular complexity index is 291. The Hall–Kier alpha value is -1.18. The quantitative estimate of drug-likeness (QED) is 0.641. The van der Waals surface area contributed by atoms with E-state index in [-0.39, 0.29) is 0 Å². The molecule has 1 aliphatic heterocycles. The van der Waals surface area contributed by atoms with Gasteiger partial charge in [-0.3, -0.25) is 0 Å². The number of rotatable bonds is 0. The van der Waals surface area contributed by atoms with Gasteiger partial charge >= 0.3 is 0 Å². The molecule has 2 rings (SSSR count). The molecule has 0 atom stereocenters. The highest BCUT2D eigenvalue weighted by molar-refractivity contribution is 5.70. The van der Waals surface area contributed by atoms with Crippen molar-refractivity contribution in [2.45, 2.75) is 19.3 Å². The van der Waals surface area contributed by atoms with E-state index in [1.54, 1.807) is 0 Å². The molecule has 2 heteroatoms. The summed E-state index contributed by atoms with van der Waals surface area (Å²) < 4.78 is 0. The second-order valence-electron chi connectivity index (χ2n) is 4.39. The first-order valence-corrected chi connectivity index (χ1v) is 5.80. The highest BCUT2D eigenvalue weighted by Crippen LogP contribution is 2.29. The highest BCUT2D eigenvalue weighted by Gasteiger charge is 2.12. The Kier molecular flexibility index (Phi) is 3.14. The fourth-order valence-electron chi connectivity index (χ4n) is 2.23. The summed E-state index contributed by atoms with van der Waals surface area (Å²) in [6.07, 6.45) is 3.94. The van der Waals surface area contributed by atoms with E-state index in [0.717, 1.165) is 0 Å². The molecule has 0 N–H and O–H groups in total. The van der Waals surface area contributed by atoms with Crippen LogP contribution in [0.5, 0.6) is 0 Å². The SMILES string of the molecule is CN1CCCCCN(C)c2ccccc21. The molecule has 1 aromatic carbocycles. The smallest absolute Gasteiger partial charge is 0.0601 e. The normalized spacial score (nSPS) is 17.7. The van der Waals surface area contributed by atoms with Crippen LogP contribution in [0.2, 0.25) is 0 Å². The third kappa shape index (κ3) is 2.25. The molecule has 0 saturated heterocycles. The van der Waals surface area contributed by atoms with Crippen LogP contribution >= 0.6 is 0 Å². The summed E-state index contributed by atoms with van der Waals surface area (Å²) in [4.78, 5) is 4.74. The van der Waals surface area contributed by atoms with Crippen molar-refractivity contribution in [3.05, 3.63) is 24.3 Å². The van der Waals surface area contributed by atoms with Crippen molar-refractivity contribution in [3.63, 3.8) is 0 Å². The Morgan fingerprint density at radius 2 is 1.27 bits per heavy atom. The molecular weight excluding hydrogens is 184 g/mol. The van der Waals surface area contributed by atoms with Crippen LogP contribution in [0.3, 0.4) is 0 Å². The van der Waals surface area contributed by atoms with Gasteiger partial charge < -0.3 is 9.80 Å². The zero-order valence-corrected chi connectivity index (χ0v) is 9.74. The van der Waals surface area contributed by atoms with Crippen molar-refractivity contribution >= 4 is 11.4 Å². The molecule has 1 aliphatic rings. The van der Waals surface area contributed by atoms with Crippen LogP contribution < -0.4 is 9.80 Å². The predicted octanol–water partition coefficient (Wildman–Crippen LogP) is 2.74. The molecule has 2 nitrogen and oxygen atoms in total. The third-order valence-corrected chi connectivity index (χ3v) is 3.19. The largest absolute Gasteiger partial charge is 0.373 e. The molecule has 15 heavy (non-hydrogen) atoms. The zero-order chi connectivity index (χ0) is 10.7. The van der Waals surface area contributed by atoms with Crippen molar-refractivity contribution < 1.29 is 0 Å². The van der Waals surface area contributed by atoms with Gasteiger partial charge in [0.25, 0.3) is 0 Å². The lowest BCUT2D eigenvalue weighted by Gasteiger charge is -2.26. The van der Waals surface area contributed by atoms with E-state index in [9.17, 15) is 0 Å². The Morgan fingerprint density at radius 3 is 1.73 bits per heavy atom. The summed E-state index contributed by atoms with van der Waals surface area (Å²) in [6, 6.07) is 8.69. The maximum absolute atomic E-state index is 2.37. The summed E-state index contributed by atoms with van der Waals surface area (Å²) >= 11 is 0. The minimum absolute atomic E-state index is 1.17. The van der Waals surface area contributed by atoms with Crippen LogP contribution in [-0.4, -0.2) is 27.2 Å². The third-order valence-electron chi connectivity index (χ3n) is 3.19. The topological polar surface area (TPSA) is 6.48 Å². The minimum Gasteiger partial charge on any atom is -0.373 e. The molecule has 0 aromatic heterocycles. The van der Waals surface area contributed by atoms with Gasteiger partial charge in [-0.05, 0) is 31.4 Å². The summed E-state index contributed by atoms with van der Waals surface area (Å²) in [7, 11) is 4.38. The van der Waals surface area contributed by atoms with Crippen LogP contribution in [0, 0.1) is 0 Å². The molecule has 1 heterocycles. The van der Waals surface area contributed by atoms with E-state index in [2.05, 4.69) is 48.2 Å². The van der Waals surface area contributed by atoms with Gasteiger partial charge in [0.2, 0.25) is 0 Å². The standard InChI is InChI=1S/C13H20N2/c1-14-10-6-3-7-11-15(2)13-9-5-4-8-12(13)14/h4-5,8-9H,3,6-7,10-11H2,1-2H3. The second kappa shape index (κ2) is 4.56. The summed E-state index contributed by atoms with van der Waals surface area (Å²) in [5, 5.41) is 0. The van der Waals surface area contributed by atoms with Crippen LogP contribution in [-0.2, 0) is 0 Å². The van der Waals surface area contributed by atoms with Gasteiger partial charge in [0.05, 0.1) is 11.4 Å². The first-order chi connectivity index (χ1) is 7.29. The number of fused-ring (bicyclic) bond motifs is 1. The maximum atomic E-state index is 2.37. The first-order valence-electron chi connectivity index (χ1n) is 5.80. The Balaban J connectivity index is 2.34. The van der Waals surface area contributed by atoms with Crippen molar-refractivity contribution in [2.75, 3.05) is 37.0 Å². The van der Waals surface area contributed by atoms with Gasteiger partial charge in [-0.15, -0.1) is 0 Å². The predicted molar refractivity (Wildman–Crippen MR) is 66.8 cm³/mol. The molecule has 0 aliphatic carbocycles.